The van der Waals surface area contributed by atoms with Gasteiger partial charge in [-0.3, -0.25) is 9.78 Å². The number of nitrogens with zero attached hydrogens (tertiary/aromatic N) is 4. The van der Waals surface area contributed by atoms with Crippen molar-refractivity contribution in [2.45, 2.75) is 6.92 Å². The van der Waals surface area contributed by atoms with E-state index in [2.05, 4.69) is 9.97 Å². The predicted octanol–water partition coefficient (Wildman–Crippen LogP) is 3.81. The van der Waals surface area contributed by atoms with Gasteiger partial charge in [0.25, 0.3) is 5.91 Å². The molecule has 1 aromatic carbocycles. The minimum atomic E-state index is -0.155. The van der Waals surface area contributed by atoms with Crippen LogP contribution in [0.5, 0.6) is 11.6 Å². The molecule has 1 amide bonds. The first-order valence-corrected chi connectivity index (χ1v) is 8.07. The average Bonchev–Trinajstić information content (AvgIpc) is 2.70. The maximum absolute atomic E-state index is 12.7. The summed E-state index contributed by atoms with van der Waals surface area (Å²) in [6.45, 7) is 2.43. The van der Waals surface area contributed by atoms with Crippen LogP contribution in [-0.4, -0.2) is 22.4 Å². The van der Waals surface area contributed by atoms with E-state index in [0.29, 0.717) is 29.3 Å². The van der Waals surface area contributed by atoms with Crippen LogP contribution in [0.25, 0.3) is 0 Å². The Bertz CT molecular complexity index is 917. The fourth-order valence-corrected chi connectivity index (χ4v) is 2.40. The molecular weight excluding hydrogens is 328 g/mol. The van der Waals surface area contributed by atoms with Gasteiger partial charge in [0.15, 0.2) is 0 Å². The van der Waals surface area contributed by atoms with Crippen LogP contribution in [0.2, 0.25) is 0 Å². The van der Waals surface area contributed by atoms with Crippen molar-refractivity contribution in [3.05, 3.63) is 78.2 Å². The molecule has 0 spiro atoms. The molecule has 0 saturated carbocycles. The molecule has 0 unspecified atom stereocenters. The molecule has 0 bridgehead atoms. The summed E-state index contributed by atoms with van der Waals surface area (Å²) >= 11 is 0. The minimum absolute atomic E-state index is 0.155. The molecule has 0 atom stereocenters. The van der Waals surface area contributed by atoms with Crippen LogP contribution in [0.3, 0.4) is 0 Å². The predicted molar refractivity (Wildman–Crippen MR) is 97.1 cm³/mol. The summed E-state index contributed by atoms with van der Waals surface area (Å²) in [7, 11) is 0. The van der Waals surface area contributed by atoms with Gasteiger partial charge in [0.2, 0.25) is 5.88 Å². The Labute approximate surface area is 151 Å². The van der Waals surface area contributed by atoms with Crippen molar-refractivity contribution in [2.75, 3.05) is 11.4 Å². The van der Waals surface area contributed by atoms with Gasteiger partial charge >= 0.3 is 0 Å². The molecule has 128 valence electrons. The van der Waals surface area contributed by atoms with E-state index >= 15 is 0 Å². The fraction of sp³-hybridized carbons (Fsp3) is 0.100. The van der Waals surface area contributed by atoms with E-state index in [4.69, 9.17) is 10.00 Å². The Hall–Kier alpha value is -3.72. The number of aromatic nitrogens is 2. The van der Waals surface area contributed by atoms with Crippen molar-refractivity contribution in [1.82, 2.24) is 9.97 Å². The maximum atomic E-state index is 12.7. The van der Waals surface area contributed by atoms with Crippen LogP contribution in [0.1, 0.15) is 22.8 Å². The van der Waals surface area contributed by atoms with E-state index in [1.54, 1.807) is 59.8 Å². The van der Waals surface area contributed by atoms with Gasteiger partial charge in [0.1, 0.15) is 5.75 Å². The van der Waals surface area contributed by atoms with Crippen LogP contribution in [0.4, 0.5) is 5.69 Å². The van der Waals surface area contributed by atoms with E-state index in [1.807, 2.05) is 19.1 Å². The summed E-state index contributed by atoms with van der Waals surface area (Å²) in [6, 6.07) is 15.7. The highest BCUT2D eigenvalue weighted by atomic mass is 16.5. The Kier molecular flexibility index (Phi) is 5.20. The van der Waals surface area contributed by atoms with Gasteiger partial charge < -0.3 is 9.64 Å². The number of carbonyl (C=O) groups excluding carboxylic acids is 1. The van der Waals surface area contributed by atoms with Crippen LogP contribution in [-0.2, 0) is 0 Å². The third-order valence-electron chi connectivity index (χ3n) is 3.71. The Balaban J connectivity index is 1.74. The van der Waals surface area contributed by atoms with Gasteiger partial charge in [-0.25, -0.2) is 4.98 Å². The Morgan fingerprint density at radius 1 is 1.15 bits per heavy atom. The number of pyridine rings is 2. The summed E-state index contributed by atoms with van der Waals surface area (Å²) in [6.07, 6.45) is 4.80. The number of benzene rings is 1. The Morgan fingerprint density at radius 2 is 1.96 bits per heavy atom. The van der Waals surface area contributed by atoms with Crippen LogP contribution < -0.4 is 9.64 Å². The third kappa shape index (κ3) is 3.84. The molecular formula is C20H16N4O2. The van der Waals surface area contributed by atoms with Crippen molar-refractivity contribution in [1.29, 1.82) is 5.26 Å². The van der Waals surface area contributed by atoms with Gasteiger partial charge in [0, 0.05) is 25.0 Å². The molecule has 0 aliphatic carbocycles. The average molecular weight is 344 g/mol. The summed E-state index contributed by atoms with van der Waals surface area (Å²) in [5.41, 5.74) is 1.75. The van der Waals surface area contributed by atoms with E-state index in [-0.39, 0.29) is 5.91 Å². The topological polar surface area (TPSA) is 79.1 Å². The van der Waals surface area contributed by atoms with Gasteiger partial charge in [0.05, 0.1) is 29.1 Å². The Morgan fingerprint density at radius 3 is 2.54 bits per heavy atom. The molecule has 26 heavy (non-hydrogen) atoms. The fourth-order valence-electron chi connectivity index (χ4n) is 2.40. The van der Waals surface area contributed by atoms with Crippen LogP contribution in [0, 0.1) is 11.3 Å². The lowest BCUT2D eigenvalue weighted by Gasteiger charge is -2.20. The number of ether oxygens (including phenoxy) is 1. The summed E-state index contributed by atoms with van der Waals surface area (Å²) < 4.78 is 5.63. The van der Waals surface area contributed by atoms with Crippen molar-refractivity contribution < 1.29 is 9.53 Å². The number of hydrogen-bond donors (Lipinski definition) is 0. The number of amides is 1. The first-order valence-electron chi connectivity index (χ1n) is 8.07. The van der Waals surface area contributed by atoms with Crippen molar-refractivity contribution in [3.63, 3.8) is 0 Å². The molecule has 0 N–H and O–H groups in total. The standard InChI is InChI=1S/C20H16N4O2/c1-2-24(17-4-3-11-22-14-17)20(25)16-7-10-19(23-13-16)26-18-8-5-15(12-21)6-9-18/h3-11,13-14H,2H2,1H3. The SMILES string of the molecule is CCN(C(=O)c1ccc(Oc2ccc(C#N)cc2)nc1)c1cccnc1. The van der Waals surface area contributed by atoms with Gasteiger partial charge in [-0.1, -0.05) is 0 Å². The summed E-state index contributed by atoms with van der Waals surface area (Å²) in [4.78, 5) is 22.6. The number of carbonyl (C=O) groups is 1. The zero-order valence-electron chi connectivity index (χ0n) is 14.2. The molecule has 6 nitrogen and oxygen atoms in total. The molecule has 0 fully saturated rings. The van der Waals surface area contributed by atoms with Gasteiger partial charge in [-0.2, -0.15) is 5.26 Å². The third-order valence-corrected chi connectivity index (χ3v) is 3.71. The second kappa shape index (κ2) is 7.90. The van der Waals surface area contributed by atoms with Crippen molar-refractivity contribution in [3.8, 4) is 17.7 Å². The van der Waals surface area contributed by atoms with E-state index in [1.165, 1.54) is 6.20 Å². The van der Waals surface area contributed by atoms with Crippen molar-refractivity contribution in [2.24, 2.45) is 0 Å². The summed E-state index contributed by atoms with van der Waals surface area (Å²) in [5, 5.41) is 8.81. The zero-order chi connectivity index (χ0) is 18.4. The summed E-state index contributed by atoms with van der Waals surface area (Å²) in [5.74, 6) is 0.787. The second-order valence-electron chi connectivity index (χ2n) is 5.38. The number of anilines is 1. The highest BCUT2D eigenvalue weighted by Gasteiger charge is 2.16. The van der Waals surface area contributed by atoms with Crippen LogP contribution >= 0.6 is 0 Å². The second-order valence-corrected chi connectivity index (χ2v) is 5.38. The molecule has 3 rings (SSSR count). The molecule has 3 aromatic rings. The minimum Gasteiger partial charge on any atom is -0.439 e. The first kappa shape index (κ1) is 17.1. The molecule has 6 heteroatoms. The molecule has 2 heterocycles. The number of rotatable bonds is 5. The van der Waals surface area contributed by atoms with Crippen LogP contribution in [0.15, 0.2) is 67.1 Å². The van der Waals surface area contributed by atoms with E-state index in [0.717, 1.165) is 5.69 Å². The quantitative estimate of drug-likeness (QED) is 0.703. The molecule has 0 aliphatic heterocycles. The lowest BCUT2D eigenvalue weighted by atomic mass is 10.2. The lowest BCUT2D eigenvalue weighted by molar-refractivity contribution is 0.0988. The van der Waals surface area contributed by atoms with Gasteiger partial charge in [-0.05, 0) is 49.4 Å². The molecule has 0 saturated heterocycles. The maximum Gasteiger partial charge on any atom is 0.259 e. The van der Waals surface area contributed by atoms with E-state index in [9.17, 15) is 4.79 Å². The molecule has 0 aliphatic rings. The highest BCUT2D eigenvalue weighted by Crippen LogP contribution is 2.21. The number of nitriles is 1. The lowest BCUT2D eigenvalue weighted by Crippen LogP contribution is -2.30. The highest BCUT2D eigenvalue weighted by molar-refractivity contribution is 6.05. The zero-order valence-corrected chi connectivity index (χ0v) is 14.2. The molecule has 0 radical (unpaired) electrons. The monoisotopic (exact) mass is 344 g/mol. The van der Waals surface area contributed by atoms with Gasteiger partial charge in [-0.15, -0.1) is 0 Å². The number of hydrogen-bond acceptors (Lipinski definition) is 5. The molecule has 2 aromatic heterocycles. The largest absolute Gasteiger partial charge is 0.439 e. The first-order chi connectivity index (χ1) is 12.7. The van der Waals surface area contributed by atoms with Crippen molar-refractivity contribution >= 4 is 11.6 Å². The normalized spacial score (nSPS) is 10.0. The van der Waals surface area contributed by atoms with E-state index < -0.39 is 0 Å². The smallest absolute Gasteiger partial charge is 0.259 e.